The minimum atomic E-state index is -0.430. The molecule has 4 nitrogen and oxygen atoms in total. The van der Waals surface area contributed by atoms with Gasteiger partial charge in [-0.3, -0.25) is 0 Å². The quantitative estimate of drug-likeness (QED) is 0.451. The molecule has 4 aliphatic carbocycles. The second-order valence-corrected chi connectivity index (χ2v) is 10.3. The Morgan fingerprint density at radius 3 is 2.73 bits per heavy atom. The number of aliphatic hydroxyl groups excluding tert-OH is 2. The minimum absolute atomic E-state index is 0.00670. The van der Waals surface area contributed by atoms with E-state index in [1.807, 2.05) is 0 Å². The standard InChI is InChI=1S/C22H32O4/c1-11(10-23)13-4-5-14-18-15(6-7-21(13,14)2)22(3)12(8-16(18)24)9-17(25)19-20(22)26-19/h8,10-11,13-20,24-25H,4-7,9H2,1-3H3/t11?,13-,14+,15+,16?,17?,18+,19?,20?,21-,22+/m1/s1. The predicted octanol–water partition coefficient (Wildman–Crippen LogP) is 2.72. The molecule has 0 aromatic rings. The van der Waals surface area contributed by atoms with E-state index in [1.165, 1.54) is 5.57 Å². The van der Waals surface area contributed by atoms with E-state index in [0.717, 1.165) is 32.0 Å². The smallest absolute Gasteiger partial charge is 0.123 e. The Hall–Kier alpha value is -0.710. The van der Waals surface area contributed by atoms with E-state index in [4.69, 9.17) is 4.74 Å². The van der Waals surface area contributed by atoms with Crippen molar-refractivity contribution in [3.63, 3.8) is 0 Å². The number of carbonyl (C=O) groups is 1. The van der Waals surface area contributed by atoms with E-state index >= 15 is 0 Å². The molecule has 3 saturated carbocycles. The van der Waals surface area contributed by atoms with E-state index in [1.54, 1.807) is 0 Å². The van der Waals surface area contributed by atoms with Gasteiger partial charge in [0.05, 0.1) is 18.3 Å². The van der Waals surface area contributed by atoms with Crippen molar-refractivity contribution in [1.29, 1.82) is 0 Å². The first-order valence-electron chi connectivity index (χ1n) is 10.5. The zero-order valence-electron chi connectivity index (χ0n) is 16.1. The zero-order valence-corrected chi connectivity index (χ0v) is 16.1. The molecule has 11 atom stereocenters. The number of fused-ring (bicyclic) bond motifs is 7. The summed E-state index contributed by atoms with van der Waals surface area (Å²) in [6.45, 7) is 6.77. The van der Waals surface area contributed by atoms with E-state index in [2.05, 4.69) is 26.8 Å². The first-order chi connectivity index (χ1) is 12.3. The summed E-state index contributed by atoms with van der Waals surface area (Å²) >= 11 is 0. The van der Waals surface area contributed by atoms with Crippen LogP contribution in [0.15, 0.2) is 11.6 Å². The van der Waals surface area contributed by atoms with Crippen LogP contribution in [0.5, 0.6) is 0 Å². The highest BCUT2D eigenvalue weighted by atomic mass is 16.6. The van der Waals surface area contributed by atoms with Crippen molar-refractivity contribution < 1.29 is 19.7 Å². The van der Waals surface area contributed by atoms with Crippen molar-refractivity contribution in [2.24, 2.45) is 40.4 Å². The number of hydrogen-bond donors (Lipinski definition) is 2. The molecule has 0 radical (unpaired) electrons. The molecule has 4 heteroatoms. The molecule has 26 heavy (non-hydrogen) atoms. The summed E-state index contributed by atoms with van der Waals surface area (Å²) in [6, 6.07) is 0. The Bertz CT molecular complexity index is 659. The average Bonchev–Trinajstić information content (AvgIpc) is 3.35. The highest BCUT2D eigenvalue weighted by Crippen LogP contribution is 2.69. The lowest BCUT2D eigenvalue weighted by Crippen LogP contribution is -2.57. The molecule has 0 aromatic carbocycles. The molecule has 0 amide bonds. The van der Waals surface area contributed by atoms with Crippen LogP contribution in [0.4, 0.5) is 0 Å². The summed E-state index contributed by atoms with van der Waals surface area (Å²) in [6.07, 6.45) is 7.55. The first kappa shape index (κ1) is 17.4. The van der Waals surface area contributed by atoms with Crippen LogP contribution in [0.1, 0.15) is 52.9 Å². The van der Waals surface area contributed by atoms with Gasteiger partial charge in [0, 0.05) is 11.3 Å². The number of hydrogen-bond acceptors (Lipinski definition) is 4. The third-order valence-electron chi connectivity index (χ3n) is 9.41. The Balaban J connectivity index is 1.53. The topological polar surface area (TPSA) is 70.1 Å². The summed E-state index contributed by atoms with van der Waals surface area (Å²) in [5.74, 6) is 1.69. The fourth-order valence-electron chi connectivity index (χ4n) is 8.03. The lowest BCUT2D eigenvalue weighted by atomic mass is 9.46. The molecule has 144 valence electrons. The number of aldehydes is 1. The first-order valence-corrected chi connectivity index (χ1v) is 10.5. The maximum atomic E-state index is 11.5. The summed E-state index contributed by atoms with van der Waals surface area (Å²) < 4.78 is 5.94. The maximum absolute atomic E-state index is 11.5. The van der Waals surface area contributed by atoms with Gasteiger partial charge >= 0.3 is 0 Å². The molecule has 5 unspecified atom stereocenters. The number of rotatable bonds is 2. The summed E-state index contributed by atoms with van der Waals surface area (Å²) in [4.78, 5) is 11.5. The Morgan fingerprint density at radius 1 is 1.23 bits per heavy atom. The minimum Gasteiger partial charge on any atom is -0.390 e. The molecule has 1 saturated heterocycles. The van der Waals surface area contributed by atoms with E-state index < -0.39 is 12.2 Å². The predicted molar refractivity (Wildman–Crippen MR) is 97.2 cm³/mol. The molecule has 1 heterocycles. The molecule has 1 aliphatic heterocycles. The SMILES string of the molecule is CC(C=O)[C@H]1CC[C@H]2[C@@H]3C(O)C=C4CC(O)C5OC5[C@]4(C)[C@H]3CC[C@]12C. The van der Waals surface area contributed by atoms with E-state index in [9.17, 15) is 15.0 Å². The van der Waals surface area contributed by atoms with Crippen LogP contribution in [-0.2, 0) is 9.53 Å². The normalized spacial score (nSPS) is 58.6. The van der Waals surface area contributed by atoms with Crippen molar-refractivity contribution in [3.8, 4) is 0 Å². The largest absolute Gasteiger partial charge is 0.390 e. The third kappa shape index (κ3) is 1.99. The molecule has 4 fully saturated rings. The number of carbonyl (C=O) groups excluding carboxylic acids is 1. The highest BCUT2D eigenvalue weighted by molar-refractivity contribution is 5.54. The van der Waals surface area contributed by atoms with E-state index in [0.29, 0.717) is 24.2 Å². The van der Waals surface area contributed by atoms with Crippen LogP contribution in [0.25, 0.3) is 0 Å². The summed E-state index contributed by atoms with van der Waals surface area (Å²) in [5.41, 5.74) is 1.34. The molecule has 0 aromatic heterocycles. The summed E-state index contributed by atoms with van der Waals surface area (Å²) in [7, 11) is 0. The van der Waals surface area contributed by atoms with Gasteiger partial charge in [-0.1, -0.05) is 32.4 Å². The van der Waals surface area contributed by atoms with Gasteiger partial charge in [0.1, 0.15) is 12.4 Å². The van der Waals surface area contributed by atoms with Crippen LogP contribution in [0.2, 0.25) is 0 Å². The zero-order chi connectivity index (χ0) is 18.4. The van der Waals surface area contributed by atoms with Crippen molar-refractivity contribution >= 4 is 6.29 Å². The molecule has 5 aliphatic rings. The van der Waals surface area contributed by atoms with Crippen molar-refractivity contribution in [2.45, 2.75) is 77.3 Å². The van der Waals surface area contributed by atoms with Crippen LogP contribution in [0, 0.1) is 40.4 Å². The van der Waals surface area contributed by atoms with Gasteiger partial charge in [-0.15, -0.1) is 0 Å². The number of aliphatic hydroxyl groups is 2. The number of ether oxygens (including phenoxy) is 1. The van der Waals surface area contributed by atoms with Gasteiger partial charge in [-0.2, -0.15) is 0 Å². The molecular formula is C22H32O4. The van der Waals surface area contributed by atoms with Crippen LogP contribution in [0.3, 0.4) is 0 Å². The number of epoxide rings is 1. The van der Waals surface area contributed by atoms with Gasteiger partial charge in [-0.25, -0.2) is 0 Å². The van der Waals surface area contributed by atoms with Crippen molar-refractivity contribution in [2.75, 3.05) is 0 Å². The van der Waals surface area contributed by atoms with Gasteiger partial charge in [-0.05, 0) is 61.2 Å². The van der Waals surface area contributed by atoms with Crippen LogP contribution >= 0.6 is 0 Å². The third-order valence-corrected chi connectivity index (χ3v) is 9.41. The monoisotopic (exact) mass is 360 g/mol. The van der Waals surface area contributed by atoms with Gasteiger partial charge in [0.2, 0.25) is 0 Å². The van der Waals surface area contributed by atoms with E-state index in [-0.39, 0.29) is 34.9 Å². The maximum Gasteiger partial charge on any atom is 0.123 e. The van der Waals surface area contributed by atoms with Gasteiger partial charge < -0.3 is 19.7 Å². The molecule has 2 N–H and O–H groups in total. The Kier molecular flexibility index (Phi) is 3.63. The summed E-state index contributed by atoms with van der Waals surface area (Å²) in [5, 5.41) is 21.4. The second-order valence-electron chi connectivity index (χ2n) is 10.3. The molecular weight excluding hydrogens is 328 g/mol. The lowest BCUT2D eigenvalue weighted by molar-refractivity contribution is -0.118. The second kappa shape index (κ2) is 5.42. The van der Waals surface area contributed by atoms with Gasteiger partial charge in [0.25, 0.3) is 0 Å². The fourth-order valence-corrected chi connectivity index (χ4v) is 8.03. The van der Waals surface area contributed by atoms with Crippen LogP contribution in [-0.4, -0.2) is 40.9 Å². The highest BCUT2D eigenvalue weighted by Gasteiger charge is 2.68. The van der Waals surface area contributed by atoms with Crippen molar-refractivity contribution in [1.82, 2.24) is 0 Å². The Labute approximate surface area is 156 Å². The molecule has 0 bridgehead atoms. The lowest BCUT2D eigenvalue weighted by Gasteiger charge is -2.58. The molecule has 0 spiro atoms. The average molecular weight is 360 g/mol. The van der Waals surface area contributed by atoms with Gasteiger partial charge in [0.15, 0.2) is 0 Å². The Morgan fingerprint density at radius 2 is 2.00 bits per heavy atom. The van der Waals surface area contributed by atoms with Crippen LogP contribution < -0.4 is 0 Å². The van der Waals surface area contributed by atoms with Crippen molar-refractivity contribution in [3.05, 3.63) is 11.6 Å². The fraction of sp³-hybridized carbons (Fsp3) is 0.864. The molecule has 5 rings (SSSR count).